The zero-order valence-corrected chi connectivity index (χ0v) is 8.89. The topological polar surface area (TPSA) is 20.2 Å². The molecule has 0 atom stereocenters. The first-order valence-electron chi connectivity index (χ1n) is 4.33. The highest BCUT2D eigenvalue weighted by Crippen LogP contribution is 2.55. The molecule has 1 nitrogen and oxygen atoms in total. The van der Waals surface area contributed by atoms with Crippen molar-refractivity contribution in [3.8, 4) is 5.75 Å². The van der Waals surface area contributed by atoms with Crippen molar-refractivity contribution in [3.05, 3.63) is 28.2 Å². The van der Waals surface area contributed by atoms with E-state index in [1.54, 1.807) is 12.1 Å². The van der Waals surface area contributed by atoms with Crippen molar-refractivity contribution in [2.75, 3.05) is 0 Å². The Morgan fingerprint density at radius 3 is 2.50 bits per heavy atom. The van der Waals surface area contributed by atoms with E-state index in [4.69, 9.17) is 0 Å². The summed E-state index contributed by atoms with van der Waals surface area (Å²) in [5, 5.41) is 9.51. The summed E-state index contributed by atoms with van der Waals surface area (Å²) in [5.74, 6) is -0.0361. The standard InChI is InChI=1S/C10H9BrF2O/c11-6-1-2-8(14)7(5-6)10(3-4-10)9(12)13/h1-2,5,9,14H,3-4H2. The average Bonchev–Trinajstić information content (AvgIpc) is 2.90. The Balaban J connectivity index is 2.46. The van der Waals surface area contributed by atoms with Gasteiger partial charge in [-0.15, -0.1) is 0 Å². The van der Waals surface area contributed by atoms with Gasteiger partial charge in [0.25, 0.3) is 0 Å². The molecule has 0 aromatic heterocycles. The molecule has 14 heavy (non-hydrogen) atoms. The van der Waals surface area contributed by atoms with Gasteiger partial charge >= 0.3 is 0 Å². The largest absolute Gasteiger partial charge is 0.508 e. The first-order chi connectivity index (χ1) is 6.56. The maximum atomic E-state index is 12.7. The van der Waals surface area contributed by atoms with Crippen LogP contribution in [0.1, 0.15) is 18.4 Å². The lowest BCUT2D eigenvalue weighted by Gasteiger charge is -2.16. The summed E-state index contributed by atoms with van der Waals surface area (Å²) in [6.45, 7) is 0. The molecule has 1 N–H and O–H groups in total. The molecule has 1 aromatic rings. The van der Waals surface area contributed by atoms with Crippen LogP contribution in [0.25, 0.3) is 0 Å². The Morgan fingerprint density at radius 2 is 2.00 bits per heavy atom. The van der Waals surface area contributed by atoms with Gasteiger partial charge in [0, 0.05) is 10.0 Å². The van der Waals surface area contributed by atoms with E-state index < -0.39 is 11.8 Å². The number of hydrogen-bond acceptors (Lipinski definition) is 1. The van der Waals surface area contributed by atoms with Gasteiger partial charge < -0.3 is 5.11 Å². The minimum absolute atomic E-state index is 0.0361. The van der Waals surface area contributed by atoms with Crippen LogP contribution in [-0.4, -0.2) is 11.5 Å². The van der Waals surface area contributed by atoms with Crippen LogP contribution in [-0.2, 0) is 5.41 Å². The van der Waals surface area contributed by atoms with Crippen molar-refractivity contribution >= 4 is 15.9 Å². The molecule has 4 heteroatoms. The van der Waals surface area contributed by atoms with E-state index >= 15 is 0 Å². The fourth-order valence-corrected chi connectivity index (χ4v) is 2.01. The molecule has 0 saturated heterocycles. The quantitative estimate of drug-likeness (QED) is 0.866. The van der Waals surface area contributed by atoms with Crippen LogP contribution in [0.3, 0.4) is 0 Å². The second-order valence-electron chi connectivity index (χ2n) is 3.62. The second-order valence-corrected chi connectivity index (χ2v) is 4.53. The number of phenols is 1. The Kier molecular flexibility index (Phi) is 2.26. The Labute approximate surface area is 88.9 Å². The molecular formula is C10H9BrF2O. The number of halogens is 3. The molecule has 2 rings (SSSR count). The van der Waals surface area contributed by atoms with E-state index in [-0.39, 0.29) is 5.75 Å². The van der Waals surface area contributed by atoms with Crippen molar-refractivity contribution in [3.63, 3.8) is 0 Å². The van der Waals surface area contributed by atoms with Gasteiger partial charge in [0.15, 0.2) is 0 Å². The van der Waals surface area contributed by atoms with Crippen molar-refractivity contribution in [1.82, 2.24) is 0 Å². The van der Waals surface area contributed by atoms with Crippen LogP contribution in [0.4, 0.5) is 8.78 Å². The van der Waals surface area contributed by atoms with Crippen LogP contribution in [0.5, 0.6) is 5.75 Å². The van der Waals surface area contributed by atoms with Crippen LogP contribution in [0, 0.1) is 0 Å². The molecule has 0 unspecified atom stereocenters. The summed E-state index contributed by atoms with van der Waals surface area (Å²) in [6, 6.07) is 4.66. The van der Waals surface area contributed by atoms with Crippen molar-refractivity contribution in [2.24, 2.45) is 0 Å². The Bertz CT molecular complexity index is 361. The first-order valence-corrected chi connectivity index (χ1v) is 5.13. The third kappa shape index (κ3) is 1.41. The lowest BCUT2D eigenvalue weighted by atomic mass is 9.96. The molecule has 0 bridgehead atoms. The molecule has 1 fully saturated rings. The van der Waals surface area contributed by atoms with E-state index in [1.165, 1.54) is 6.07 Å². The molecule has 0 aliphatic heterocycles. The van der Waals surface area contributed by atoms with E-state index in [0.717, 1.165) is 4.47 Å². The summed E-state index contributed by atoms with van der Waals surface area (Å²) in [7, 11) is 0. The van der Waals surface area contributed by atoms with Gasteiger partial charge in [-0.05, 0) is 31.0 Å². The minimum Gasteiger partial charge on any atom is -0.508 e. The molecule has 1 saturated carbocycles. The van der Waals surface area contributed by atoms with E-state index in [1.807, 2.05) is 0 Å². The summed E-state index contributed by atoms with van der Waals surface area (Å²) in [5.41, 5.74) is -0.727. The number of benzene rings is 1. The normalized spacial score (nSPS) is 18.6. The fourth-order valence-electron chi connectivity index (χ4n) is 1.65. The second kappa shape index (κ2) is 3.19. The maximum Gasteiger partial charge on any atom is 0.248 e. The van der Waals surface area contributed by atoms with Crippen LogP contribution in [0.15, 0.2) is 22.7 Å². The van der Waals surface area contributed by atoms with Crippen LogP contribution < -0.4 is 0 Å². The minimum atomic E-state index is -2.40. The SMILES string of the molecule is Oc1ccc(Br)cc1C1(C(F)F)CC1. The molecule has 0 radical (unpaired) electrons. The lowest BCUT2D eigenvalue weighted by Crippen LogP contribution is -2.17. The summed E-state index contributed by atoms with van der Waals surface area (Å²) < 4.78 is 26.2. The molecule has 1 aromatic carbocycles. The highest BCUT2D eigenvalue weighted by Gasteiger charge is 2.53. The molecule has 1 aliphatic rings. The monoisotopic (exact) mass is 262 g/mol. The number of aromatic hydroxyl groups is 1. The third-order valence-corrected chi connectivity index (χ3v) is 3.19. The van der Waals surface area contributed by atoms with Crippen molar-refractivity contribution < 1.29 is 13.9 Å². The predicted octanol–water partition coefficient (Wildman–Crippen LogP) is 3.45. The molecule has 0 heterocycles. The fraction of sp³-hybridized carbons (Fsp3) is 0.400. The van der Waals surface area contributed by atoms with Crippen LogP contribution in [0.2, 0.25) is 0 Å². The highest BCUT2D eigenvalue weighted by atomic mass is 79.9. The summed E-state index contributed by atoms with van der Waals surface area (Å²) in [6.07, 6.45) is -1.49. The number of rotatable bonds is 2. The maximum absolute atomic E-state index is 12.7. The Hall–Kier alpha value is -0.640. The van der Waals surface area contributed by atoms with Gasteiger partial charge in [-0.25, -0.2) is 8.78 Å². The third-order valence-electron chi connectivity index (χ3n) is 2.70. The van der Waals surface area contributed by atoms with E-state index in [9.17, 15) is 13.9 Å². The zero-order chi connectivity index (χ0) is 10.3. The van der Waals surface area contributed by atoms with Crippen LogP contribution >= 0.6 is 15.9 Å². The van der Waals surface area contributed by atoms with Gasteiger partial charge in [0.1, 0.15) is 5.75 Å². The molecule has 76 valence electrons. The molecule has 0 amide bonds. The molecular weight excluding hydrogens is 254 g/mol. The molecule has 1 aliphatic carbocycles. The number of alkyl halides is 2. The van der Waals surface area contributed by atoms with E-state index in [2.05, 4.69) is 15.9 Å². The van der Waals surface area contributed by atoms with Crippen molar-refractivity contribution in [1.29, 1.82) is 0 Å². The first kappa shape index (κ1) is 9.90. The molecule has 0 spiro atoms. The predicted molar refractivity (Wildman–Crippen MR) is 52.7 cm³/mol. The zero-order valence-electron chi connectivity index (χ0n) is 7.30. The van der Waals surface area contributed by atoms with Gasteiger partial charge in [0.05, 0.1) is 5.41 Å². The van der Waals surface area contributed by atoms with Gasteiger partial charge in [-0.1, -0.05) is 15.9 Å². The van der Waals surface area contributed by atoms with Gasteiger partial charge in [-0.2, -0.15) is 0 Å². The van der Waals surface area contributed by atoms with E-state index in [0.29, 0.717) is 18.4 Å². The average molecular weight is 263 g/mol. The van der Waals surface area contributed by atoms with Gasteiger partial charge in [-0.3, -0.25) is 0 Å². The van der Waals surface area contributed by atoms with Gasteiger partial charge in [0.2, 0.25) is 6.43 Å². The lowest BCUT2D eigenvalue weighted by molar-refractivity contribution is 0.100. The summed E-state index contributed by atoms with van der Waals surface area (Å²) in [4.78, 5) is 0. The number of hydrogen-bond donors (Lipinski definition) is 1. The van der Waals surface area contributed by atoms with Crippen molar-refractivity contribution in [2.45, 2.75) is 24.7 Å². The number of phenolic OH excluding ortho intramolecular Hbond substituents is 1. The summed E-state index contributed by atoms with van der Waals surface area (Å²) >= 11 is 3.21. The highest BCUT2D eigenvalue weighted by molar-refractivity contribution is 9.10. The Morgan fingerprint density at radius 1 is 1.36 bits per heavy atom. The smallest absolute Gasteiger partial charge is 0.248 e.